The molecule has 21 nitrogen and oxygen atoms in total. The maximum Gasteiger partial charge on any atom is 0.255 e. The molecule has 0 aliphatic heterocycles. The summed E-state index contributed by atoms with van der Waals surface area (Å²) in [6.07, 6.45) is 1.15. The van der Waals surface area contributed by atoms with Crippen molar-refractivity contribution < 1.29 is 99.5 Å². The third-order valence-electron chi connectivity index (χ3n) is 20.5. The van der Waals surface area contributed by atoms with Crippen molar-refractivity contribution in [1.82, 2.24) is 0 Å². The first kappa shape index (κ1) is 56.2. The van der Waals surface area contributed by atoms with Gasteiger partial charge in [-0.3, -0.25) is 28.8 Å². The van der Waals surface area contributed by atoms with E-state index in [0.717, 1.165) is 43.8 Å². The van der Waals surface area contributed by atoms with Gasteiger partial charge in [-0.15, -0.1) is 0 Å². The fraction of sp³-hybridized carbons (Fsp3) is 0.443. The summed E-state index contributed by atoms with van der Waals surface area (Å²) < 4.78 is 11.5. The number of aliphatic hydroxyl groups is 8. The summed E-state index contributed by atoms with van der Waals surface area (Å²) >= 11 is 0. The molecule has 8 atom stereocenters. The highest BCUT2D eigenvalue weighted by molar-refractivity contribution is 6.26. The van der Waals surface area contributed by atoms with Crippen LogP contribution in [0.25, 0.3) is 21.5 Å². The highest BCUT2D eigenvalue weighted by atomic mass is 16.5. The summed E-state index contributed by atoms with van der Waals surface area (Å²) in [7, 11) is 2.89. The Morgan fingerprint density at radius 2 is 0.927 bits per heavy atom. The minimum Gasteiger partial charge on any atom is -0.508 e. The van der Waals surface area contributed by atoms with E-state index in [9.17, 15) is 90.0 Å². The second-order valence-electron chi connectivity index (χ2n) is 24.8. The van der Waals surface area contributed by atoms with E-state index in [4.69, 9.17) is 15.2 Å². The summed E-state index contributed by atoms with van der Waals surface area (Å²) in [5.41, 5.74) is -9.68. The SMILES string of the molecule is COc1cc(O)c2c(O)c3c(c4c2c1C1(C4)C(C)=CCCC1(C)C)C(O)C1(O)CC(=O)C(C(C)=O)=C(O)C1(O)C3=O.COc1cc(O)c2c(O)c3c(c4c2c1C1(C4)C(C)=CCCC1(C)C)C(O)C1(O)CC(=O)C(C(N)=O)=C(O)C1(O)C3=O. The molecule has 4 aromatic rings. The number of rotatable bonds is 4. The van der Waals surface area contributed by atoms with Gasteiger partial charge in [0.1, 0.15) is 74.8 Å². The first-order valence-electron chi connectivity index (χ1n) is 26.7. The monoisotopic (exact) mass is 1130 g/mol. The molecule has 0 fully saturated rings. The number of Topliss-reactive ketones (excluding diaryl/α,β-unsaturated/α-hetero) is 5. The molecule has 8 aliphatic carbocycles. The van der Waals surface area contributed by atoms with Crippen molar-refractivity contribution in [2.75, 3.05) is 14.2 Å². The number of ether oxygens (including phenoxy) is 2. The van der Waals surface area contributed by atoms with Crippen LogP contribution in [0.4, 0.5) is 0 Å². The number of benzene rings is 4. The largest absolute Gasteiger partial charge is 0.508 e. The lowest BCUT2D eigenvalue weighted by Crippen LogP contribution is -2.69. The molecule has 2 spiro atoms. The molecule has 12 rings (SSSR count). The summed E-state index contributed by atoms with van der Waals surface area (Å²) in [5.74, 6) is -12.2. The second kappa shape index (κ2) is 17.0. The Bertz CT molecular complexity index is 3680. The molecular weight excluding hydrogens is 1070 g/mol. The molecule has 0 heterocycles. The van der Waals surface area contributed by atoms with Gasteiger partial charge in [-0.2, -0.15) is 0 Å². The molecule has 1 amide bonds. The van der Waals surface area contributed by atoms with Crippen LogP contribution in [0.1, 0.15) is 153 Å². The Hall–Kier alpha value is -7.66. The van der Waals surface area contributed by atoms with Gasteiger partial charge in [-0.1, -0.05) is 51.0 Å². The number of hydrogen-bond donors (Lipinski definition) is 13. The van der Waals surface area contributed by atoms with Crippen molar-refractivity contribution in [1.29, 1.82) is 0 Å². The number of fused-ring (bicyclic) bond motifs is 8. The molecule has 0 bridgehead atoms. The van der Waals surface area contributed by atoms with Gasteiger partial charge in [-0.25, -0.2) is 0 Å². The molecule has 21 heteroatoms. The third-order valence-corrected chi connectivity index (χ3v) is 20.5. The highest BCUT2D eigenvalue weighted by Gasteiger charge is 2.73. The maximum absolute atomic E-state index is 14.1. The molecule has 14 N–H and O–H groups in total. The van der Waals surface area contributed by atoms with E-state index < -0.39 is 161 Å². The van der Waals surface area contributed by atoms with Crippen LogP contribution in [0.2, 0.25) is 0 Å². The minimum absolute atomic E-state index is 0.114. The Morgan fingerprint density at radius 3 is 1.26 bits per heavy atom. The topological polar surface area (TPSA) is 390 Å². The number of hydrogen-bond acceptors (Lipinski definition) is 20. The van der Waals surface area contributed by atoms with E-state index in [0.29, 0.717) is 44.5 Å². The zero-order valence-electron chi connectivity index (χ0n) is 46.3. The quantitative estimate of drug-likeness (QED) is 0.0975. The first-order chi connectivity index (χ1) is 38.0. The van der Waals surface area contributed by atoms with Gasteiger partial charge in [0.25, 0.3) is 5.91 Å². The fourth-order valence-corrected chi connectivity index (χ4v) is 16.3. The number of nitrogens with two attached hydrogens (primary N) is 1. The predicted octanol–water partition coefficient (Wildman–Crippen LogP) is 4.67. The van der Waals surface area contributed by atoms with Crippen molar-refractivity contribution in [3.63, 3.8) is 0 Å². The molecule has 0 saturated heterocycles. The molecule has 8 unspecified atom stereocenters. The zero-order valence-corrected chi connectivity index (χ0v) is 46.3. The molecule has 8 aliphatic rings. The van der Waals surface area contributed by atoms with E-state index in [1.165, 1.54) is 26.4 Å². The number of carbonyl (C=O) groups is 6. The van der Waals surface area contributed by atoms with E-state index in [1.807, 2.05) is 13.8 Å². The molecule has 4 aromatic carbocycles. The highest BCUT2D eigenvalue weighted by Crippen LogP contribution is 2.69. The third kappa shape index (κ3) is 6.07. The molecule has 0 saturated carbocycles. The fourth-order valence-electron chi connectivity index (χ4n) is 16.3. The Kier molecular flexibility index (Phi) is 11.6. The van der Waals surface area contributed by atoms with E-state index >= 15 is 0 Å². The lowest BCUT2D eigenvalue weighted by Gasteiger charge is -2.51. The van der Waals surface area contributed by atoms with Crippen molar-refractivity contribution >= 4 is 56.4 Å². The van der Waals surface area contributed by atoms with Gasteiger partial charge in [0.05, 0.1) is 36.1 Å². The van der Waals surface area contributed by atoms with Crippen LogP contribution >= 0.6 is 0 Å². The van der Waals surface area contributed by atoms with Crippen LogP contribution in [0.5, 0.6) is 34.5 Å². The van der Waals surface area contributed by atoms with Gasteiger partial charge >= 0.3 is 0 Å². The van der Waals surface area contributed by atoms with Crippen LogP contribution in [0.15, 0.2) is 58.1 Å². The number of primary amides is 1. The van der Waals surface area contributed by atoms with E-state index in [2.05, 4.69) is 39.8 Å². The van der Waals surface area contributed by atoms with Gasteiger partial charge in [-0.05, 0) is 81.3 Å². The Balaban J connectivity index is 0.000000172. The van der Waals surface area contributed by atoms with Crippen molar-refractivity contribution in [2.24, 2.45) is 16.6 Å². The van der Waals surface area contributed by atoms with Crippen LogP contribution in [0.3, 0.4) is 0 Å². The van der Waals surface area contributed by atoms with Crippen LogP contribution in [-0.2, 0) is 42.8 Å². The number of amides is 1. The number of phenols is 4. The van der Waals surface area contributed by atoms with Gasteiger partial charge in [0, 0.05) is 68.8 Å². The van der Waals surface area contributed by atoms with Crippen molar-refractivity contribution in [3.05, 3.63) is 103 Å². The van der Waals surface area contributed by atoms with Crippen LogP contribution in [-0.4, -0.2) is 133 Å². The number of aliphatic hydroxyl groups excluding tert-OH is 4. The first-order valence-corrected chi connectivity index (χ1v) is 26.7. The second-order valence-corrected chi connectivity index (χ2v) is 24.8. The van der Waals surface area contributed by atoms with Gasteiger partial charge in [0.2, 0.25) is 22.8 Å². The average molecular weight is 1130 g/mol. The number of allylic oxidation sites excluding steroid dienone is 5. The van der Waals surface area contributed by atoms with E-state index in [1.54, 1.807) is 0 Å². The molecule has 82 heavy (non-hydrogen) atoms. The standard InChI is InChI=1S/C31H32O10.C30H31NO10/c1-12-7-6-8-28(3,4)29(12)10-14-19-21(15(33)9-17(41-5)23(19)29)24(35)22-20(14)25(36)30(39)11-16(34)18(13(2)32)26(37)31(30,40)27(22)38;1-11-6-5-7-27(2,3)28(11)9-12-16-18(13(32)8-15(41-4)21(16)28)22(34)20-17(12)23(35)29(39)10-14(33)19(26(31)38)24(36)30(29,40)25(20)37/h7,9,25,33,35-37,39-40H,6,8,10-11H2,1-5H3;6,8,23,32,34-36,39-40H,5,7,9-10H2,1-4H3,(H2,31,38). The van der Waals surface area contributed by atoms with E-state index in [-0.39, 0.29) is 34.7 Å². The van der Waals surface area contributed by atoms with Crippen LogP contribution < -0.4 is 15.2 Å². The number of phenolic OH excluding ortho intramolecular Hbond substituents is 4. The molecule has 432 valence electrons. The number of aromatic hydroxyl groups is 4. The smallest absolute Gasteiger partial charge is 0.255 e. The average Bonchev–Trinajstić information content (AvgIpc) is 2.03. The molecule has 0 aromatic heterocycles. The lowest BCUT2D eigenvalue weighted by atomic mass is 9.54. The normalized spacial score (nSPS) is 31.8. The van der Waals surface area contributed by atoms with Crippen molar-refractivity contribution in [3.8, 4) is 34.5 Å². The summed E-state index contributed by atoms with van der Waals surface area (Å²) in [6.45, 7) is 13.2. The molecule has 0 radical (unpaired) electrons. The Labute approximate surface area is 467 Å². The summed E-state index contributed by atoms with van der Waals surface area (Å²) in [6, 6.07) is 2.67. The minimum atomic E-state index is -3.41. The Morgan fingerprint density at radius 1 is 0.573 bits per heavy atom. The summed E-state index contributed by atoms with van der Waals surface area (Å²) in [4.78, 5) is 78.1. The number of ketones is 5. The van der Waals surface area contributed by atoms with Crippen LogP contribution in [0, 0.1) is 10.8 Å². The summed E-state index contributed by atoms with van der Waals surface area (Å²) in [5, 5.41) is 138. The number of carbonyl (C=O) groups excluding carboxylic acids is 6. The van der Waals surface area contributed by atoms with Crippen molar-refractivity contribution in [2.45, 2.75) is 145 Å². The predicted molar refractivity (Wildman–Crippen MR) is 289 cm³/mol. The molecular formula is C61H63NO20. The zero-order chi connectivity index (χ0) is 60.4. The lowest BCUT2D eigenvalue weighted by molar-refractivity contribution is -0.193. The van der Waals surface area contributed by atoms with Gasteiger partial charge < -0.3 is 76.5 Å². The number of methoxy groups -OCH3 is 2. The maximum atomic E-state index is 14.1. The van der Waals surface area contributed by atoms with Gasteiger partial charge in [0.15, 0.2) is 23.1 Å².